The van der Waals surface area contributed by atoms with E-state index in [1.54, 1.807) is 84.0 Å². The van der Waals surface area contributed by atoms with Crippen molar-refractivity contribution >= 4 is 53.3 Å². The minimum absolute atomic E-state index is 0.0742. The van der Waals surface area contributed by atoms with E-state index < -0.39 is 89.5 Å². The number of alkyl carbamates (subject to hydrolysis) is 1. The second-order valence-electron chi connectivity index (χ2n) is 17.8. The summed E-state index contributed by atoms with van der Waals surface area (Å²) in [6.45, 7) is 14.1. The van der Waals surface area contributed by atoms with Gasteiger partial charge in [-0.15, -0.1) is 0 Å². The number of aliphatic hydroxyl groups is 1. The van der Waals surface area contributed by atoms with Crippen molar-refractivity contribution in [1.29, 1.82) is 0 Å². The van der Waals surface area contributed by atoms with Crippen LogP contribution in [-0.2, 0) is 60.8 Å². The molecule has 0 spiro atoms. The molecule has 4 atom stereocenters. The fourth-order valence-corrected chi connectivity index (χ4v) is 6.43. The zero-order valence-corrected chi connectivity index (χ0v) is 38.2. The number of para-hydroxylation sites is 1. The molecule has 0 bridgehead atoms. The lowest BCUT2D eigenvalue weighted by atomic mass is 10.0. The molecule has 18 nitrogen and oxygen atoms in total. The van der Waals surface area contributed by atoms with Crippen LogP contribution in [0.1, 0.15) is 99.1 Å². The number of aliphatic hydroxyl groups excluding tert-OH is 1. The van der Waals surface area contributed by atoms with Crippen molar-refractivity contribution in [2.45, 2.75) is 136 Å². The summed E-state index contributed by atoms with van der Waals surface area (Å²) in [7, 11) is 0. The number of hydrogen-bond donors (Lipinski definition) is 5. The third kappa shape index (κ3) is 18.2. The number of anilines is 1. The number of esters is 2. The van der Waals surface area contributed by atoms with Crippen LogP contribution in [0.25, 0.3) is 0 Å². The van der Waals surface area contributed by atoms with Crippen LogP contribution in [0.4, 0.5) is 10.5 Å². The molecule has 6 amide bonds. The van der Waals surface area contributed by atoms with E-state index >= 15 is 0 Å². The van der Waals surface area contributed by atoms with Crippen LogP contribution in [0.15, 0.2) is 66.7 Å². The third-order valence-corrected chi connectivity index (χ3v) is 9.24. The topological polar surface area (TPSA) is 239 Å². The number of hydrogen-bond acceptors (Lipinski definition) is 12. The molecule has 5 N–H and O–H groups in total. The molecule has 18 heteroatoms. The molecule has 2 aromatic rings. The maximum atomic E-state index is 14.0. The predicted molar refractivity (Wildman–Crippen MR) is 236 cm³/mol. The van der Waals surface area contributed by atoms with Gasteiger partial charge in [0, 0.05) is 30.8 Å². The minimum atomic E-state index is -1.81. The maximum absolute atomic E-state index is 14.0. The van der Waals surface area contributed by atoms with Crippen molar-refractivity contribution in [1.82, 2.24) is 26.4 Å². The van der Waals surface area contributed by atoms with Gasteiger partial charge in [-0.05, 0) is 97.3 Å². The molecule has 64 heavy (non-hydrogen) atoms. The van der Waals surface area contributed by atoms with Gasteiger partial charge in [-0.1, -0.05) is 62.4 Å². The molecule has 1 aliphatic rings. The molecular weight excluding hydrogens is 829 g/mol. The Balaban J connectivity index is 1.85. The van der Waals surface area contributed by atoms with E-state index in [0.29, 0.717) is 29.2 Å². The normalized spacial score (nSPS) is 14.5. The first-order valence-corrected chi connectivity index (χ1v) is 21.3. The third-order valence-electron chi connectivity index (χ3n) is 9.24. The van der Waals surface area contributed by atoms with Crippen molar-refractivity contribution in [3.63, 3.8) is 0 Å². The summed E-state index contributed by atoms with van der Waals surface area (Å²) in [6.07, 6.45) is 0.253. The van der Waals surface area contributed by atoms with Crippen LogP contribution in [0.5, 0.6) is 0 Å². The van der Waals surface area contributed by atoms with Gasteiger partial charge in [0.2, 0.25) is 11.8 Å². The van der Waals surface area contributed by atoms with Gasteiger partial charge < -0.3 is 40.2 Å². The number of carbonyl (C=O) groups excluding carboxylic acids is 8. The van der Waals surface area contributed by atoms with E-state index in [2.05, 4.69) is 21.4 Å². The highest BCUT2D eigenvalue weighted by Crippen LogP contribution is 2.27. The average Bonchev–Trinajstić information content (AvgIpc) is 3.20. The van der Waals surface area contributed by atoms with E-state index in [0.717, 1.165) is 24.1 Å². The van der Waals surface area contributed by atoms with E-state index in [1.165, 1.54) is 11.8 Å². The molecule has 350 valence electrons. The first-order chi connectivity index (χ1) is 29.9. The van der Waals surface area contributed by atoms with Crippen LogP contribution in [0, 0.1) is 5.92 Å². The predicted octanol–water partition coefficient (Wildman–Crippen LogP) is 3.54. The number of ether oxygens (including phenoxy) is 3. The van der Waals surface area contributed by atoms with Crippen LogP contribution < -0.4 is 26.3 Å². The Morgan fingerprint density at radius 1 is 0.766 bits per heavy atom. The van der Waals surface area contributed by atoms with Gasteiger partial charge in [0.15, 0.2) is 0 Å². The first-order valence-electron chi connectivity index (χ1n) is 21.3. The fourth-order valence-electron chi connectivity index (χ4n) is 6.43. The molecule has 0 fully saturated rings. The summed E-state index contributed by atoms with van der Waals surface area (Å²) in [6, 6.07) is 11.7. The standard InChI is InChI=1S/C46H64N6O12/c1-29(2)26-34(48-44(61)62-28-31-16-11-10-12-17-31)42(59)47-33(21-24-38(56)63-45(4,5)6)41(58)49-40(30(3)53)43(60)50-52(27-39(57)64-46(7,8)9)37(55)23-22-36(54)51-25-15-19-32-18-13-14-20-35(32)51/h10-14,16-18,20,22-23,29-30,33-34,40,53H,15,19,21,24-28H2,1-9H3,(H,47,59)(H,48,61)(H,49,58)(H,50,60)/b23-22+/t30-,33+,34+,40+/m1/s1. The second-order valence-corrected chi connectivity index (χ2v) is 17.8. The zero-order valence-electron chi connectivity index (χ0n) is 38.2. The molecule has 0 saturated carbocycles. The van der Waals surface area contributed by atoms with Crippen LogP contribution in [-0.4, -0.2) is 106 Å². The van der Waals surface area contributed by atoms with Gasteiger partial charge in [0.25, 0.3) is 17.7 Å². The van der Waals surface area contributed by atoms with Crippen molar-refractivity contribution in [2.75, 3.05) is 18.0 Å². The number of fused-ring (bicyclic) bond motifs is 1. The van der Waals surface area contributed by atoms with Gasteiger partial charge >= 0.3 is 18.0 Å². The number of nitrogens with one attached hydrogen (secondary N) is 4. The van der Waals surface area contributed by atoms with Gasteiger partial charge in [0.05, 0.1) is 6.10 Å². The summed E-state index contributed by atoms with van der Waals surface area (Å²) in [5.41, 5.74) is 2.76. The highest BCUT2D eigenvalue weighted by molar-refractivity contribution is 6.06. The largest absolute Gasteiger partial charge is 0.460 e. The van der Waals surface area contributed by atoms with E-state index in [-0.39, 0.29) is 31.8 Å². The van der Waals surface area contributed by atoms with Crippen molar-refractivity contribution in [3.05, 3.63) is 77.9 Å². The second kappa shape index (κ2) is 24.0. The number of nitrogens with zero attached hydrogens (tertiary/aromatic N) is 2. The lowest BCUT2D eigenvalue weighted by Gasteiger charge is -2.29. The van der Waals surface area contributed by atoms with Crippen LogP contribution in [0.2, 0.25) is 0 Å². The first kappa shape index (κ1) is 52.0. The SMILES string of the molecule is CC(C)C[C@H](NC(=O)OCc1ccccc1)C(=O)N[C@@H](CCC(=O)OC(C)(C)C)C(=O)N[C@H](C(=O)NN(CC(=O)OC(C)(C)C)C(=O)/C=C/C(=O)N1CCCc2ccccc21)[C@@H](C)O. The number of amides is 6. The number of aryl methyl sites for hydroxylation is 1. The molecule has 3 rings (SSSR count). The molecule has 0 radical (unpaired) electrons. The Hall–Kier alpha value is -6.30. The smallest absolute Gasteiger partial charge is 0.408 e. The molecule has 1 heterocycles. The lowest BCUT2D eigenvalue weighted by molar-refractivity contribution is -0.161. The Morgan fingerprint density at radius 3 is 2.00 bits per heavy atom. The monoisotopic (exact) mass is 892 g/mol. The minimum Gasteiger partial charge on any atom is -0.460 e. The van der Waals surface area contributed by atoms with Gasteiger partial charge in [-0.2, -0.15) is 0 Å². The van der Waals surface area contributed by atoms with E-state index in [4.69, 9.17) is 14.2 Å². The molecule has 1 aliphatic heterocycles. The summed E-state index contributed by atoms with van der Waals surface area (Å²) >= 11 is 0. The average molecular weight is 893 g/mol. The van der Waals surface area contributed by atoms with Crippen molar-refractivity contribution in [3.8, 4) is 0 Å². The molecule has 2 aromatic carbocycles. The highest BCUT2D eigenvalue weighted by Gasteiger charge is 2.35. The molecule has 0 unspecified atom stereocenters. The Labute approximate surface area is 374 Å². The summed E-state index contributed by atoms with van der Waals surface area (Å²) in [5, 5.41) is 18.8. The number of rotatable bonds is 18. The van der Waals surface area contributed by atoms with E-state index in [1.807, 2.05) is 26.0 Å². The summed E-state index contributed by atoms with van der Waals surface area (Å²) in [5.74, 6) is -6.28. The van der Waals surface area contributed by atoms with Gasteiger partial charge in [-0.3, -0.25) is 39.0 Å². The number of hydrazine groups is 1. The highest BCUT2D eigenvalue weighted by atomic mass is 16.6. The Bertz CT molecular complexity index is 1990. The maximum Gasteiger partial charge on any atom is 0.408 e. The van der Waals surface area contributed by atoms with Gasteiger partial charge in [-0.25, -0.2) is 9.80 Å². The molecule has 0 saturated heterocycles. The number of carbonyl (C=O) groups is 8. The van der Waals surface area contributed by atoms with Crippen molar-refractivity contribution < 1.29 is 57.7 Å². The molecule has 0 aliphatic carbocycles. The Kier molecular flexibility index (Phi) is 19.5. The fraction of sp³-hybridized carbons (Fsp3) is 0.522. The van der Waals surface area contributed by atoms with Crippen LogP contribution >= 0.6 is 0 Å². The summed E-state index contributed by atoms with van der Waals surface area (Å²) < 4.78 is 16.1. The zero-order chi connectivity index (χ0) is 47.8. The molecule has 0 aromatic heterocycles. The Morgan fingerprint density at radius 2 is 1.38 bits per heavy atom. The van der Waals surface area contributed by atoms with E-state index in [9.17, 15) is 43.5 Å². The molecular formula is C46H64N6O12. The van der Waals surface area contributed by atoms with Gasteiger partial charge in [0.1, 0.15) is 42.5 Å². The van der Waals surface area contributed by atoms with Crippen molar-refractivity contribution in [2.24, 2.45) is 5.92 Å². The quantitative estimate of drug-likeness (QED) is 0.0626. The summed E-state index contributed by atoms with van der Waals surface area (Å²) in [4.78, 5) is 109. The number of benzene rings is 2. The lowest BCUT2D eigenvalue weighted by Crippen LogP contribution is -2.61. The van der Waals surface area contributed by atoms with Crippen LogP contribution in [0.3, 0.4) is 0 Å².